The van der Waals surface area contributed by atoms with Crippen LogP contribution in [0.2, 0.25) is 5.02 Å². The molecular weight excluding hydrogens is 487 g/mol. The lowest BCUT2D eigenvalue weighted by atomic mass is 10.2. The fourth-order valence-corrected chi connectivity index (χ4v) is 5.01. The Morgan fingerprint density at radius 3 is 2.91 bits per heavy atom. The molecule has 2 aromatic carbocycles. The summed E-state index contributed by atoms with van der Waals surface area (Å²) in [4.78, 5) is 9.67. The number of fused-ring (bicyclic) bond motifs is 1. The van der Waals surface area contributed by atoms with E-state index < -0.39 is 0 Å². The largest absolute Gasteiger partial charge is 0.487 e. The van der Waals surface area contributed by atoms with Crippen LogP contribution < -0.4 is 15.4 Å². The zero-order chi connectivity index (χ0) is 24.2. The van der Waals surface area contributed by atoms with Crippen LogP contribution in [0.25, 0.3) is 10.2 Å². The summed E-state index contributed by atoms with van der Waals surface area (Å²) in [7, 11) is 0. The molecule has 3 heterocycles. The molecule has 6 nitrogen and oxygen atoms in total. The van der Waals surface area contributed by atoms with Crippen molar-refractivity contribution in [3.63, 3.8) is 0 Å². The predicted molar refractivity (Wildman–Crippen MR) is 137 cm³/mol. The first kappa shape index (κ1) is 23.5. The third-order valence-corrected chi connectivity index (χ3v) is 6.96. The van der Waals surface area contributed by atoms with E-state index in [0.717, 1.165) is 39.2 Å². The highest BCUT2D eigenvalue weighted by Gasteiger charge is 2.21. The van der Waals surface area contributed by atoms with E-state index in [1.54, 1.807) is 24.3 Å². The average Bonchev–Trinajstić information content (AvgIpc) is 3.49. The lowest BCUT2D eigenvalue weighted by molar-refractivity contribution is 0.253. The van der Waals surface area contributed by atoms with E-state index in [9.17, 15) is 9.50 Å². The van der Waals surface area contributed by atoms with E-state index in [4.69, 9.17) is 16.3 Å². The number of nitrogens with zero attached hydrogens (tertiary/aromatic N) is 2. The highest BCUT2D eigenvalue weighted by Crippen LogP contribution is 2.33. The number of hydrogen-bond donors (Lipinski definition) is 3. The maximum Gasteiger partial charge on any atom is 0.151 e. The summed E-state index contributed by atoms with van der Waals surface area (Å²) >= 11 is 7.95. The minimum atomic E-state index is -0.304. The van der Waals surface area contributed by atoms with E-state index in [0.29, 0.717) is 16.6 Å². The predicted octanol–water partition coefficient (Wildman–Crippen LogP) is 5.27. The SMILES string of the molecule is OC[C@@H]1CCC(C#Cc2cc3ncnc(Nc4ccc(OCc5cccc(F)c5)c(Cl)c4)c3s2)N1. The van der Waals surface area contributed by atoms with Gasteiger partial charge in [-0.1, -0.05) is 35.6 Å². The zero-order valence-electron chi connectivity index (χ0n) is 18.6. The highest BCUT2D eigenvalue weighted by molar-refractivity contribution is 7.20. The van der Waals surface area contributed by atoms with Crippen molar-refractivity contribution in [2.75, 3.05) is 11.9 Å². The van der Waals surface area contributed by atoms with Crippen LogP contribution in [0.5, 0.6) is 5.75 Å². The standard InChI is InChI=1S/C26H22ClFN4O2S/c27-22-11-19(7-9-24(22)34-14-16-2-1-3-17(28)10-16)32-26-25-23(29-15-30-26)12-21(35-25)8-6-18-4-5-20(13-33)31-18/h1-3,7,9-12,15,18,20,31,33H,4-5,13-14H2,(H,29,30,32)/t18?,20-/m0/s1. The number of anilines is 2. The van der Waals surface area contributed by atoms with Crippen molar-refractivity contribution in [3.05, 3.63) is 76.1 Å². The number of rotatable bonds is 6. The first-order valence-electron chi connectivity index (χ1n) is 11.1. The van der Waals surface area contributed by atoms with Crippen LogP contribution in [0, 0.1) is 17.7 Å². The summed E-state index contributed by atoms with van der Waals surface area (Å²) in [5.41, 5.74) is 2.28. The Balaban J connectivity index is 1.29. The molecule has 2 atom stereocenters. The monoisotopic (exact) mass is 508 g/mol. The van der Waals surface area contributed by atoms with Crippen LogP contribution >= 0.6 is 22.9 Å². The molecule has 35 heavy (non-hydrogen) atoms. The molecule has 1 fully saturated rings. The maximum atomic E-state index is 13.4. The number of nitrogens with one attached hydrogen (secondary N) is 2. The molecule has 0 amide bonds. The molecule has 0 radical (unpaired) electrons. The summed E-state index contributed by atoms with van der Waals surface area (Å²) in [5, 5.41) is 16.3. The van der Waals surface area contributed by atoms with Crippen molar-refractivity contribution in [3.8, 4) is 17.6 Å². The van der Waals surface area contributed by atoms with Gasteiger partial charge in [-0.05, 0) is 54.8 Å². The van der Waals surface area contributed by atoms with E-state index in [1.165, 1.54) is 29.8 Å². The average molecular weight is 509 g/mol. The van der Waals surface area contributed by atoms with Gasteiger partial charge in [0.1, 0.15) is 24.5 Å². The molecule has 0 aliphatic carbocycles. The van der Waals surface area contributed by atoms with Gasteiger partial charge in [0.05, 0.1) is 32.8 Å². The molecule has 1 saturated heterocycles. The maximum absolute atomic E-state index is 13.4. The summed E-state index contributed by atoms with van der Waals surface area (Å²) < 4.78 is 20.0. The number of hydrogen-bond acceptors (Lipinski definition) is 7. The van der Waals surface area contributed by atoms with Crippen molar-refractivity contribution in [1.82, 2.24) is 15.3 Å². The van der Waals surface area contributed by atoms with Crippen LogP contribution in [0.15, 0.2) is 54.9 Å². The topological polar surface area (TPSA) is 79.3 Å². The lowest BCUT2D eigenvalue weighted by Gasteiger charge is -2.11. The van der Waals surface area contributed by atoms with Crippen molar-refractivity contribution < 1.29 is 14.2 Å². The number of halogens is 2. The molecule has 2 aromatic heterocycles. The molecule has 0 saturated carbocycles. The third-order valence-electron chi connectivity index (χ3n) is 5.62. The lowest BCUT2D eigenvalue weighted by Crippen LogP contribution is -2.30. The Morgan fingerprint density at radius 1 is 1.20 bits per heavy atom. The van der Waals surface area contributed by atoms with Crippen LogP contribution in [0.1, 0.15) is 23.3 Å². The van der Waals surface area contributed by atoms with Gasteiger partial charge in [0.15, 0.2) is 5.82 Å². The van der Waals surface area contributed by atoms with Gasteiger partial charge in [-0.25, -0.2) is 14.4 Å². The molecule has 1 aliphatic rings. The quantitative estimate of drug-likeness (QED) is 0.308. The van der Waals surface area contributed by atoms with Gasteiger partial charge < -0.3 is 15.2 Å². The summed E-state index contributed by atoms with van der Waals surface area (Å²) in [6.07, 6.45) is 3.37. The fourth-order valence-electron chi connectivity index (χ4n) is 3.86. The zero-order valence-corrected chi connectivity index (χ0v) is 20.2. The molecule has 0 spiro atoms. The Kier molecular flexibility index (Phi) is 7.11. The second-order valence-electron chi connectivity index (χ2n) is 8.18. The van der Waals surface area contributed by atoms with Gasteiger partial charge in [-0.15, -0.1) is 11.3 Å². The molecule has 1 unspecified atom stereocenters. The molecule has 5 rings (SSSR count). The van der Waals surface area contributed by atoms with E-state index in [2.05, 4.69) is 32.4 Å². The van der Waals surface area contributed by atoms with E-state index >= 15 is 0 Å². The molecule has 178 valence electrons. The molecule has 0 bridgehead atoms. The minimum Gasteiger partial charge on any atom is -0.487 e. The molecule has 3 N–H and O–H groups in total. The number of ether oxygens (including phenoxy) is 1. The number of aliphatic hydroxyl groups is 1. The first-order chi connectivity index (χ1) is 17.1. The first-order valence-corrected chi connectivity index (χ1v) is 12.3. The number of thiophene rings is 1. The van der Waals surface area contributed by atoms with Crippen LogP contribution in [0.4, 0.5) is 15.9 Å². The van der Waals surface area contributed by atoms with Crippen LogP contribution in [0.3, 0.4) is 0 Å². The van der Waals surface area contributed by atoms with Gasteiger partial charge in [0, 0.05) is 11.7 Å². The van der Waals surface area contributed by atoms with Crippen molar-refractivity contribution in [2.24, 2.45) is 0 Å². The highest BCUT2D eigenvalue weighted by atomic mass is 35.5. The van der Waals surface area contributed by atoms with Crippen LogP contribution in [-0.2, 0) is 6.61 Å². The number of aromatic nitrogens is 2. The Labute approximate surface area is 211 Å². The fraction of sp³-hybridized carbons (Fsp3) is 0.231. The third kappa shape index (κ3) is 5.72. The molecule has 4 aromatic rings. The number of benzene rings is 2. The summed E-state index contributed by atoms with van der Waals surface area (Å²) in [6.45, 7) is 0.350. The van der Waals surface area contributed by atoms with Crippen molar-refractivity contribution >= 4 is 44.7 Å². The molecule has 9 heteroatoms. The Bertz CT molecular complexity index is 1420. The van der Waals surface area contributed by atoms with Gasteiger partial charge in [-0.2, -0.15) is 0 Å². The van der Waals surface area contributed by atoms with Crippen LogP contribution in [-0.4, -0.2) is 33.8 Å². The molecular formula is C26H22ClFN4O2S. The van der Waals surface area contributed by atoms with Gasteiger partial charge >= 0.3 is 0 Å². The second kappa shape index (κ2) is 10.6. The minimum absolute atomic E-state index is 0.0878. The second-order valence-corrected chi connectivity index (χ2v) is 9.64. The smallest absolute Gasteiger partial charge is 0.151 e. The van der Waals surface area contributed by atoms with Crippen molar-refractivity contribution in [1.29, 1.82) is 0 Å². The van der Waals surface area contributed by atoms with Gasteiger partial charge in [-0.3, -0.25) is 5.32 Å². The Morgan fingerprint density at radius 2 is 2.11 bits per heavy atom. The summed E-state index contributed by atoms with van der Waals surface area (Å²) in [5.74, 6) is 7.34. The normalized spacial score (nSPS) is 17.2. The van der Waals surface area contributed by atoms with Crippen molar-refractivity contribution in [2.45, 2.75) is 31.5 Å². The Hall–Kier alpha value is -3.22. The number of aliphatic hydroxyl groups excluding tert-OH is 1. The molecule has 1 aliphatic heterocycles. The van der Waals surface area contributed by atoms with Gasteiger partial charge in [0.2, 0.25) is 0 Å². The van der Waals surface area contributed by atoms with E-state index in [-0.39, 0.29) is 31.1 Å². The summed E-state index contributed by atoms with van der Waals surface area (Å²) in [6, 6.07) is 13.8. The van der Waals surface area contributed by atoms with E-state index in [1.807, 2.05) is 12.1 Å². The van der Waals surface area contributed by atoms with Gasteiger partial charge in [0.25, 0.3) is 0 Å².